The van der Waals surface area contributed by atoms with Crippen LogP contribution in [-0.2, 0) is 21.1 Å². The standard InChI is InChI=1S/C20H22F3NO2S/c1-19(17-8-4-10-27-17,12-18(25)24-13-16-7-3-9-26-16)14-5-2-6-15(11-14)20(21,22)23/h2,4-6,8,10-11,16H,3,7,9,12-13H2,1H3,(H,24,25)/t16-,19+/m0/s1. The molecule has 1 saturated heterocycles. The van der Waals surface area contributed by atoms with Gasteiger partial charge in [0.05, 0.1) is 11.7 Å². The van der Waals surface area contributed by atoms with Crippen molar-refractivity contribution in [3.8, 4) is 0 Å². The van der Waals surface area contributed by atoms with Gasteiger partial charge >= 0.3 is 6.18 Å². The van der Waals surface area contributed by atoms with Crippen LogP contribution in [0.1, 0.15) is 42.2 Å². The molecule has 0 unspecified atom stereocenters. The molecule has 1 aromatic heterocycles. The molecule has 1 aliphatic heterocycles. The van der Waals surface area contributed by atoms with Gasteiger partial charge in [0.15, 0.2) is 0 Å². The summed E-state index contributed by atoms with van der Waals surface area (Å²) >= 11 is 1.44. The fourth-order valence-electron chi connectivity index (χ4n) is 3.38. The van der Waals surface area contributed by atoms with E-state index in [9.17, 15) is 18.0 Å². The molecule has 2 aromatic rings. The lowest BCUT2D eigenvalue weighted by Gasteiger charge is -2.29. The zero-order valence-electron chi connectivity index (χ0n) is 15.0. The highest BCUT2D eigenvalue weighted by Crippen LogP contribution is 2.40. The van der Waals surface area contributed by atoms with Crippen molar-refractivity contribution in [1.82, 2.24) is 5.32 Å². The van der Waals surface area contributed by atoms with Crippen molar-refractivity contribution in [2.75, 3.05) is 13.2 Å². The van der Waals surface area contributed by atoms with E-state index in [1.165, 1.54) is 17.4 Å². The van der Waals surface area contributed by atoms with Crippen LogP contribution in [0.4, 0.5) is 13.2 Å². The highest BCUT2D eigenvalue weighted by molar-refractivity contribution is 7.10. The zero-order chi connectivity index (χ0) is 19.5. The maximum absolute atomic E-state index is 13.2. The third-order valence-corrected chi connectivity index (χ3v) is 6.09. The maximum atomic E-state index is 13.2. The van der Waals surface area contributed by atoms with Crippen molar-refractivity contribution in [2.24, 2.45) is 0 Å². The van der Waals surface area contributed by atoms with Gasteiger partial charge in [-0.15, -0.1) is 11.3 Å². The first-order valence-corrected chi connectivity index (χ1v) is 9.77. The van der Waals surface area contributed by atoms with Gasteiger partial charge in [0.2, 0.25) is 5.91 Å². The molecule has 1 aliphatic rings. The smallest absolute Gasteiger partial charge is 0.376 e. The molecule has 0 bridgehead atoms. The quantitative estimate of drug-likeness (QED) is 0.763. The molecule has 3 rings (SSSR count). The lowest BCUT2D eigenvalue weighted by molar-refractivity contribution is -0.137. The number of ether oxygens (including phenoxy) is 1. The SMILES string of the molecule is C[C@@](CC(=O)NC[C@@H]1CCCO1)(c1cccc(C(F)(F)F)c1)c1cccs1. The summed E-state index contributed by atoms with van der Waals surface area (Å²) in [6.07, 6.45) is -2.43. The molecule has 7 heteroatoms. The van der Waals surface area contributed by atoms with Crippen molar-refractivity contribution in [2.45, 2.75) is 43.9 Å². The van der Waals surface area contributed by atoms with Crippen LogP contribution in [-0.4, -0.2) is 25.2 Å². The lowest BCUT2D eigenvalue weighted by atomic mass is 9.77. The van der Waals surface area contributed by atoms with E-state index in [-0.39, 0.29) is 18.4 Å². The number of benzene rings is 1. The number of amides is 1. The van der Waals surface area contributed by atoms with Crippen LogP contribution in [0, 0.1) is 0 Å². The minimum Gasteiger partial charge on any atom is -0.376 e. The van der Waals surface area contributed by atoms with E-state index in [1.807, 2.05) is 24.4 Å². The van der Waals surface area contributed by atoms with Gasteiger partial charge in [0, 0.05) is 29.9 Å². The third kappa shape index (κ3) is 4.71. The number of carbonyl (C=O) groups is 1. The van der Waals surface area contributed by atoms with Crippen LogP contribution >= 0.6 is 11.3 Å². The Morgan fingerprint density at radius 2 is 2.04 bits per heavy atom. The highest BCUT2D eigenvalue weighted by Gasteiger charge is 2.36. The molecule has 27 heavy (non-hydrogen) atoms. The largest absolute Gasteiger partial charge is 0.416 e. The van der Waals surface area contributed by atoms with Gasteiger partial charge in [-0.3, -0.25) is 4.79 Å². The summed E-state index contributed by atoms with van der Waals surface area (Å²) in [4.78, 5) is 13.4. The molecule has 146 valence electrons. The molecule has 1 aromatic carbocycles. The summed E-state index contributed by atoms with van der Waals surface area (Å²) in [5.41, 5.74) is -1.06. The van der Waals surface area contributed by atoms with Crippen LogP contribution in [0.5, 0.6) is 0 Å². The summed E-state index contributed by atoms with van der Waals surface area (Å²) in [6.45, 7) is 2.96. The third-order valence-electron chi connectivity index (χ3n) is 4.96. The molecule has 3 nitrogen and oxygen atoms in total. The minimum absolute atomic E-state index is 0.0236. The van der Waals surface area contributed by atoms with Crippen molar-refractivity contribution in [1.29, 1.82) is 0 Å². The Kier molecular flexibility index (Phi) is 5.91. The van der Waals surface area contributed by atoms with Crippen LogP contribution in [0.25, 0.3) is 0 Å². The van der Waals surface area contributed by atoms with E-state index in [1.54, 1.807) is 6.07 Å². The average Bonchev–Trinajstić information content (AvgIpc) is 3.33. The lowest BCUT2D eigenvalue weighted by Crippen LogP contribution is -2.37. The Bertz CT molecular complexity index is 770. The Labute approximate surface area is 160 Å². The van der Waals surface area contributed by atoms with Gasteiger partial charge in [0.25, 0.3) is 0 Å². The predicted octanol–water partition coefficient (Wildman–Crippen LogP) is 4.76. The van der Waals surface area contributed by atoms with E-state index in [0.29, 0.717) is 18.7 Å². The van der Waals surface area contributed by atoms with Gasteiger partial charge < -0.3 is 10.1 Å². The fourth-order valence-corrected chi connectivity index (χ4v) is 4.29. The number of rotatable bonds is 6. The predicted molar refractivity (Wildman–Crippen MR) is 98.8 cm³/mol. The van der Waals surface area contributed by atoms with Crippen LogP contribution in [0.3, 0.4) is 0 Å². The van der Waals surface area contributed by atoms with Crippen molar-refractivity contribution >= 4 is 17.2 Å². The number of thiophene rings is 1. The molecular weight excluding hydrogens is 375 g/mol. The second kappa shape index (κ2) is 8.02. The second-order valence-corrected chi connectivity index (χ2v) is 7.95. The van der Waals surface area contributed by atoms with Crippen molar-refractivity contribution in [3.63, 3.8) is 0 Å². The average molecular weight is 397 g/mol. The Balaban J connectivity index is 1.83. The number of carbonyl (C=O) groups excluding carboxylic acids is 1. The van der Waals surface area contributed by atoms with Crippen molar-refractivity contribution < 1.29 is 22.7 Å². The first-order valence-electron chi connectivity index (χ1n) is 8.89. The van der Waals surface area contributed by atoms with Gasteiger partial charge in [-0.1, -0.05) is 31.2 Å². The number of hydrogen-bond donors (Lipinski definition) is 1. The van der Waals surface area contributed by atoms with E-state index < -0.39 is 17.2 Å². The molecule has 0 saturated carbocycles. The second-order valence-electron chi connectivity index (χ2n) is 7.00. The summed E-state index contributed by atoms with van der Waals surface area (Å²) in [5, 5.41) is 4.74. The topological polar surface area (TPSA) is 38.3 Å². The van der Waals surface area contributed by atoms with E-state index in [4.69, 9.17) is 4.74 Å². The Morgan fingerprint density at radius 1 is 1.26 bits per heavy atom. The Hall–Kier alpha value is -1.86. The molecule has 1 N–H and O–H groups in total. The number of nitrogens with one attached hydrogen (secondary N) is 1. The monoisotopic (exact) mass is 397 g/mol. The molecule has 2 atom stereocenters. The number of halogens is 3. The molecular formula is C20H22F3NO2S. The summed E-state index contributed by atoms with van der Waals surface area (Å²) in [7, 11) is 0. The molecule has 0 spiro atoms. The molecule has 1 fully saturated rings. The highest BCUT2D eigenvalue weighted by atomic mass is 32.1. The molecule has 0 aliphatic carbocycles. The van der Waals surface area contributed by atoms with E-state index in [0.717, 1.165) is 29.9 Å². The zero-order valence-corrected chi connectivity index (χ0v) is 15.8. The van der Waals surface area contributed by atoms with Crippen LogP contribution in [0.2, 0.25) is 0 Å². The van der Waals surface area contributed by atoms with Gasteiger partial charge in [0.1, 0.15) is 0 Å². The first kappa shape index (κ1) is 19.9. The molecule has 0 radical (unpaired) electrons. The fraction of sp³-hybridized carbons (Fsp3) is 0.450. The Morgan fingerprint density at radius 3 is 2.67 bits per heavy atom. The van der Waals surface area contributed by atoms with Gasteiger partial charge in [-0.05, 0) is 35.9 Å². The van der Waals surface area contributed by atoms with E-state index in [2.05, 4.69) is 5.32 Å². The summed E-state index contributed by atoms with van der Waals surface area (Å²) in [5.74, 6) is -0.196. The van der Waals surface area contributed by atoms with Gasteiger partial charge in [-0.25, -0.2) is 0 Å². The first-order chi connectivity index (χ1) is 12.8. The normalized spacial score (nSPS) is 19.6. The summed E-state index contributed by atoms with van der Waals surface area (Å²) in [6, 6.07) is 8.95. The molecule has 2 heterocycles. The summed E-state index contributed by atoms with van der Waals surface area (Å²) < 4.78 is 45.0. The van der Waals surface area contributed by atoms with Crippen LogP contribution in [0.15, 0.2) is 41.8 Å². The van der Waals surface area contributed by atoms with Crippen molar-refractivity contribution in [3.05, 3.63) is 57.8 Å². The number of alkyl halides is 3. The van der Waals surface area contributed by atoms with Crippen LogP contribution < -0.4 is 5.32 Å². The maximum Gasteiger partial charge on any atom is 0.416 e. The minimum atomic E-state index is -4.42. The van der Waals surface area contributed by atoms with Gasteiger partial charge in [-0.2, -0.15) is 13.2 Å². The van der Waals surface area contributed by atoms with E-state index >= 15 is 0 Å². The number of hydrogen-bond acceptors (Lipinski definition) is 3. The molecule has 1 amide bonds.